The summed E-state index contributed by atoms with van der Waals surface area (Å²) in [5.41, 5.74) is 0. The van der Waals surface area contributed by atoms with Crippen molar-refractivity contribution in [1.29, 1.82) is 0 Å². The molecule has 0 amide bonds. The quantitative estimate of drug-likeness (QED) is 0.446. The monoisotopic (exact) mass is 274 g/mol. The molecule has 0 aliphatic heterocycles. The van der Waals surface area contributed by atoms with Gasteiger partial charge in [0.05, 0.1) is 0 Å². The van der Waals surface area contributed by atoms with E-state index in [1.807, 2.05) is 0 Å². The highest BCUT2D eigenvalue weighted by molar-refractivity contribution is 7.91. The van der Waals surface area contributed by atoms with Crippen molar-refractivity contribution in [2.24, 2.45) is 0 Å². The lowest BCUT2D eigenvalue weighted by Gasteiger charge is -2.14. The van der Waals surface area contributed by atoms with E-state index in [4.69, 9.17) is 24.5 Å². The van der Waals surface area contributed by atoms with Crippen LogP contribution < -0.4 is 0 Å². The Labute approximate surface area is 74.4 Å². The van der Waals surface area contributed by atoms with Crippen LogP contribution in [-0.2, 0) is 17.8 Å². The fourth-order valence-electron chi connectivity index (χ4n) is 0.293. The van der Waals surface area contributed by atoms with Crippen LogP contribution >= 0.6 is 31.4 Å². The van der Waals surface area contributed by atoms with E-state index in [1.165, 1.54) is 0 Å². The second kappa shape index (κ2) is 4.19. The molecule has 0 aliphatic carbocycles. The molecular formula is H6O9P4. The average molecular weight is 274 g/mol. The topological polar surface area (TPSA) is 154 Å². The van der Waals surface area contributed by atoms with Gasteiger partial charge in [-0.3, -0.25) is 0 Å². The molecule has 80 valence electrons. The minimum absolute atomic E-state index is 2.11. The van der Waals surface area contributed by atoms with E-state index >= 15 is 0 Å². The highest BCUT2D eigenvalue weighted by Crippen LogP contribution is 2.66. The van der Waals surface area contributed by atoms with Crippen LogP contribution in [0.3, 0.4) is 0 Å². The first-order chi connectivity index (χ1) is 5.41. The summed E-state index contributed by atoms with van der Waals surface area (Å²) < 4.78 is 27.3. The minimum atomic E-state index is -5.24. The van der Waals surface area contributed by atoms with E-state index in [2.05, 4.69) is 17.1 Å². The molecule has 9 nitrogen and oxygen atoms in total. The second-order valence-corrected chi connectivity index (χ2v) is 7.73. The third-order valence-electron chi connectivity index (χ3n) is 0.427. The Bertz CT molecular complexity index is 274. The Balaban J connectivity index is 4.54. The van der Waals surface area contributed by atoms with Crippen molar-refractivity contribution in [2.45, 2.75) is 0 Å². The second-order valence-electron chi connectivity index (χ2n) is 1.67. The fraction of sp³-hybridized carbons (Fsp3) is 0. The summed E-state index contributed by atoms with van der Waals surface area (Å²) in [4.78, 5) is 41.5. The summed E-state index contributed by atoms with van der Waals surface area (Å²) >= 11 is 0. The van der Waals surface area contributed by atoms with Gasteiger partial charge >= 0.3 is 15.6 Å². The molecular weight excluding hydrogens is 268 g/mol. The van der Waals surface area contributed by atoms with Gasteiger partial charge in [-0.2, -0.15) is 4.31 Å². The Morgan fingerprint density at radius 2 is 1.31 bits per heavy atom. The van der Waals surface area contributed by atoms with Crippen LogP contribution in [0.15, 0.2) is 0 Å². The zero-order valence-electron chi connectivity index (χ0n) is 5.71. The van der Waals surface area contributed by atoms with Crippen LogP contribution in [0, 0.1) is 0 Å². The Morgan fingerprint density at radius 1 is 0.923 bits per heavy atom. The lowest BCUT2D eigenvalue weighted by Crippen LogP contribution is -1.90. The summed E-state index contributed by atoms with van der Waals surface area (Å²) in [7, 11) is -12.6. The Hall–Kier alpha value is 0.910. The summed E-state index contributed by atoms with van der Waals surface area (Å²) in [6.45, 7) is 0. The fourth-order valence-corrected chi connectivity index (χ4v) is 3.84. The van der Waals surface area contributed by atoms with Crippen LogP contribution in [0.1, 0.15) is 0 Å². The Kier molecular flexibility index (Phi) is 4.48. The van der Waals surface area contributed by atoms with Gasteiger partial charge in [-0.15, -0.1) is 0 Å². The van der Waals surface area contributed by atoms with Crippen molar-refractivity contribution in [3.8, 4) is 0 Å². The van der Waals surface area contributed by atoms with Gasteiger partial charge in [-0.05, 0) is 8.53 Å². The van der Waals surface area contributed by atoms with E-state index in [0.717, 1.165) is 0 Å². The van der Waals surface area contributed by atoms with Crippen molar-refractivity contribution >= 4 is 31.4 Å². The number of phosphoric acid groups is 2. The van der Waals surface area contributed by atoms with E-state index in [-0.39, 0.29) is 0 Å². The molecule has 13 heteroatoms. The van der Waals surface area contributed by atoms with Crippen LogP contribution in [0.25, 0.3) is 0 Å². The van der Waals surface area contributed by atoms with Gasteiger partial charge in [-0.1, -0.05) is 0 Å². The van der Waals surface area contributed by atoms with E-state index in [1.54, 1.807) is 0 Å². The molecule has 1 unspecified atom stereocenters. The molecule has 0 radical (unpaired) electrons. The summed E-state index contributed by atoms with van der Waals surface area (Å²) in [6, 6.07) is 0. The molecule has 0 aliphatic rings. The van der Waals surface area contributed by atoms with E-state index < -0.39 is 22.9 Å². The predicted molar refractivity (Wildman–Crippen MR) is 43.7 cm³/mol. The molecule has 0 aromatic rings. The number of rotatable bonds is 4. The molecule has 0 heterocycles. The maximum Gasteiger partial charge on any atom is 0.488 e. The van der Waals surface area contributed by atoms with Gasteiger partial charge in [0.1, 0.15) is 0 Å². The number of hydrogen-bond acceptors (Lipinski definition) is 4. The van der Waals surface area contributed by atoms with E-state index in [0.29, 0.717) is 0 Å². The van der Waals surface area contributed by atoms with Crippen molar-refractivity contribution in [2.75, 3.05) is 0 Å². The molecule has 0 rings (SSSR count). The molecule has 0 saturated carbocycles. The van der Waals surface area contributed by atoms with Crippen LogP contribution in [0.4, 0.5) is 0 Å². The third-order valence-corrected chi connectivity index (χ3v) is 4.57. The molecule has 0 bridgehead atoms. The predicted octanol–water partition coefficient (Wildman–Crippen LogP) is 0.0177. The minimum Gasteiger partial charge on any atom is -0.330 e. The highest BCUT2D eigenvalue weighted by Gasteiger charge is 2.36. The van der Waals surface area contributed by atoms with Crippen LogP contribution in [-0.4, -0.2) is 24.5 Å². The zero-order valence-corrected chi connectivity index (χ0v) is 9.39. The molecule has 1 atom stereocenters. The summed E-state index contributed by atoms with van der Waals surface area (Å²) in [6.07, 6.45) is 0. The third kappa shape index (κ3) is 9.22. The van der Waals surface area contributed by atoms with E-state index in [9.17, 15) is 9.13 Å². The SMILES string of the molecule is O=P(O)(O)OP(=O)(O)OP(O)(O)=P. The maximum atomic E-state index is 10.5. The summed E-state index contributed by atoms with van der Waals surface area (Å²) in [5.74, 6) is 0. The lowest BCUT2D eigenvalue weighted by atomic mass is 15.7. The van der Waals surface area contributed by atoms with Crippen LogP contribution in [0.5, 0.6) is 0 Å². The molecule has 5 N–H and O–H groups in total. The van der Waals surface area contributed by atoms with Gasteiger partial charge in [-0.25, -0.2) is 13.4 Å². The Morgan fingerprint density at radius 3 is 1.54 bits per heavy atom. The standard InChI is InChI=1S/H6O9P4/c1-11(2,3)8-12(4,5)9-13(6,7)10/h6-7,10H,(H,4,5)(H2,1,2,3). The van der Waals surface area contributed by atoms with Gasteiger partial charge < -0.3 is 24.5 Å². The maximum absolute atomic E-state index is 10.5. The van der Waals surface area contributed by atoms with Crippen LogP contribution in [0.2, 0.25) is 0 Å². The first kappa shape index (κ1) is 13.9. The van der Waals surface area contributed by atoms with Gasteiger partial charge in [0.2, 0.25) is 0 Å². The number of hydrogen-bond donors (Lipinski definition) is 5. The lowest BCUT2D eigenvalue weighted by molar-refractivity contribution is 0.221. The smallest absolute Gasteiger partial charge is 0.330 e. The normalized spacial score (nSPS) is 18.2. The molecule has 0 aromatic heterocycles. The summed E-state index contributed by atoms with van der Waals surface area (Å²) in [5, 5.41) is 0. The van der Waals surface area contributed by atoms with Crippen molar-refractivity contribution < 1.29 is 42.2 Å². The molecule has 0 spiro atoms. The average Bonchev–Trinajstić information content (AvgIpc) is 1.43. The molecule has 0 aromatic carbocycles. The van der Waals surface area contributed by atoms with Gasteiger partial charge in [0.15, 0.2) is 0 Å². The largest absolute Gasteiger partial charge is 0.488 e. The highest BCUT2D eigenvalue weighted by atomic mass is 31.8. The molecule has 0 saturated heterocycles. The first-order valence-electron chi connectivity index (χ1n) is 2.32. The van der Waals surface area contributed by atoms with Crippen molar-refractivity contribution in [3.05, 3.63) is 0 Å². The van der Waals surface area contributed by atoms with Gasteiger partial charge in [0.25, 0.3) is 7.23 Å². The van der Waals surface area contributed by atoms with Crippen molar-refractivity contribution in [1.82, 2.24) is 0 Å². The molecule has 13 heavy (non-hydrogen) atoms. The molecule has 0 fully saturated rings. The zero-order chi connectivity index (χ0) is 10.9. The van der Waals surface area contributed by atoms with Crippen molar-refractivity contribution in [3.63, 3.8) is 0 Å². The van der Waals surface area contributed by atoms with Gasteiger partial charge in [0, 0.05) is 0 Å². The first-order valence-corrected chi connectivity index (χ1v) is 8.30.